The molecule has 1 aromatic heterocycles. The fraction of sp³-hybridized carbons (Fsp3) is 0.190. The fourth-order valence-electron chi connectivity index (χ4n) is 3.11. The second-order valence-corrected chi connectivity index (χ2v) is 7.56. The van der Waals surface area contributed by atoms with E-state index in [9.17, 15) is 14.9 Å². The normalized spacial score (nSPS) is 14.1. The largest absolute Gasteiger partial charge is 0.482 e. The molecule has 31 heavy (non-hydrogen) atoms. The first kappa shape index (κ1) is 20.5. The Balaban J connectivity index is 1.78. The van der Waals surface area contributed by atoms with Crippen LogP contribution in [0.25, 0.3) is 11.3 Å². The highest BCUT2D eigenvalue weighted by atomic mass is 32.1. The van der Waals surface area contributed by atoms with E-state index in [1.807, 2.05) is 37.4 Å². The van der Waals surface area contributed by atoms with Gasteiger partial charge >= 0.3 is 0 Å². The molecule has 0 radical (unpaired) electrons. The summed E-state index contributed by atoms with van der Waals surface area (Å²) >= 11 is 1.46. The van der Waals surface area contributed by atoms with Gasteiger partial charge < -0.3 is 10.1 Å². The number of aromatic nitrogens is 1. The Morgan fingerprint density at radius 1 is 1.29 bits per heavy atom. The molecule has 0 saturated carbocycles. The lowest BCUT2D eigenvalue weighted by atomic mass is 10.1. The Morgan fingerprint density at radius 2 is 2.06 bits per heavy atom. The molecule has 2 heterocycles. The molecule has 9 nitrogen and oxygen atoms in total. The number of nitrogens with zero attached hydrogens (tertiary/aromatic N) is 4. The average molecular weight is 437 g/mol. The minimum absolute atomic E-state index is 0.00303. The van der Waals surface area contributed by atoms with E-state index in [1.165, 1.54) is 23.5 Å². The lowest BCUT2D eigenvalue weighted by molar-refractivity contribution is -0.384. The molecule has 0 bridgehead atoms. The first-order chi connectivity index (χ1) is 15.0. The average Bonchev–Trinajstić information content (AvgIpc) is 3.15. The first-order valence-electron chi connectivity index (χ1n) is 9.54. The molecule has 0 aliphatic carbocycles. The van der Waals surface area contributed by atoms with Crippen LogP contribution in [-0.2, 0) is 4.79 Å². The third-order valence-corrected chi connectivity index (χ3v) is 5.49. The number of fused-ring (bicyclic) bond motifs is 1. The third-order valence-electron chi connectivity index (χ3n) is 4.63. The van der Waals surface area contributed by atoms with Crippen LogP contribution in [0, 0.1) is 10.1 Å². The van der Waals surface area contributed by atoms with Crippen LogP contribution in [0.15, 0.2) is 57.9 Å². The van der Waals surface area contributed by atoms with Crippen LogP contribution in [0.5, 0.6) is 5.75 Å². The highest BCUT2D eigenvalue weighted by Gasteiger charge is 2.18. The number of non-ortho nitro benzene ring substituents is 1. The lowest BCUT2D eigenvalue weighted by Gasteiger charge is -2.18. The van der Waals surface area contributed by atoms with Gasteiger partial charge in [-0.1, -0.05) is 0 Å². The van der Waals surface area contributed by atoms with Crippen LogP contribution >= 0.6 is 11.3 Å². The van der Waals surface area contributed by atoms with Crippen molar-refractivity contribution in [2.75, 3.05) is 18.5 Å². The molecule has 158 valence electrons. The minimum atomic E-state index is -0.432. The van der Waals surface area contributed by atoms with Crippen molar-refractivity contribution in [2.24, 2.45) is 10.1 Å². The molecule has 1 aliphatic rings. The highest BCUT2D eigenvalue weighted by molar-refractivity contribution is 7.07. The molecule has 1 N–H and O–H groups in total. The summed E-state index contributed by atoms with van der Waals surface area (Å²) in [5.41, 5.74) is 3.74. The van der Waals surface area contributed by atoms with Crippen LogP contribution in [0.2, 0.25) is 0 Å². The zero-order chi connectivity index (χ0) is 22.0. The summed E-state index contributed by atoms with van der Waals surface area (Å²) in [6, 6.07) is 11.8. The Kier molecular flexibility index (Phi) is 5.63. The van der Waals surface area contributed by atoms with Crippen molar-refractivity contribution in [1.82, 2.24) is 4.68 Å². The number of nitro benzene ring substituents is 1. The van der Waals surface area contributed by atoms with Gasteiger partial charge in [-0.2, -0.15) is 5.10 Å². The van der Waals surface area contributed by atoms with E-state index in [0.717, 1.165) is 21.6 Å². The van der Waals surface area contributed by atoms with Crippen molar-refractivity contribution in [3.05, 3.63) is 68.3 Å². The predicted molar refractivity (Wildman–Crippen MR) is 119 cm³/mol. The van der Waals surface area contributed by atoms with Crippen LogP contribution < -0.4 is 14.9 Å². The molecule has 0 fully saturated rings. The van der Waals surface area contributed by atoms with Crippen LogP contribution in [0.3, 0.4) is 0 Å². The summed E-state index contributed by atoms with van der Waals surface area (Å²) in [6.07, 6.45) is 0. The van der Waals surface area contributed by atoms with Gasteiger partial charge in [0.25, 0.3) is 11.6 Å². The molecule has 3 aromatic rings. The predicted octanol–water partition coefficient (Wildman–Crippen LogP) is 3.65. The molecular weight excluding hydrogens is 418 g/mol. The van der Waals surface area contributed by atoms with E-state index in [4.69, 9.17) is 9.84 Å². The van der Waals surface area contributed by atoms with E-state index >= 15 is 0 Å². The maximum atomic E-state index is 11.7. The molecule has 0 atom stereocenters. The Morgan fingerprint density at radius 3 is 2.77 bits per heavy atom. The zero-order valence-electron chi connectivity index (χ0n) is 16.9. The number of nitrogens with one attached hydrogen (secondary N) is 1. The quantitative estimate of drug-likeness (QED) is 0.373. The summed E-state index contributed by atoms with van der Waals surface area (Å²) in [6.45, 7) is 4.39. The van der Waals surface area contributed by atoms with Crippen molar-refractivity contribution in [3.8, 4) is 17.0 Å². The number of hydrogen-bond acceptors (Lipinski definition) is 7. The summed E-state index contributed by atoms with van der Waals surface area (Å²) in [5.74, 6) is 0.422. The second-order valence-electron chi connectivity index (χ2n) is 6.73. The van der Waals surface area contributed by atoms with Gasteiger partial charge in [0, 0.05) is 29.6 Å². The molecule has 0 unspecified atom stereocenters. The Labute approximate surface area is 181 Å². The van der Waals surface area contributed by atoms with Gasteiger partial charge in [0.2, 0.25) is 4.80 Å². The second kappa shape index (κ2) is 8.52. The van der Waals surface area contributed by atoms with Crippen molar-refractivity contribution < 1.29 is 14.5 Å². The number of benzene rings is 2. The van der Waals surface area contributed by atoms with E-state index in [2.05, 4.69) is 10.3 Å². The number of amides is 1. The first-order valence-corrected chi connectivity index (χ1v) is 10.4. The van der Waals surface area contributed by atoms with Gasteiger partial charge in [0.05, 0.1) is 22.0 Å². The number of hydrogen-bond donors (Lipinski definition) is 1. The maximum Gasteiger partial charge on any atom is 0.269 e. The van der Waals surface area contributed by atoms with Gasteiger partial charge in [-0.25, -0.2) is 4.68 Å². The Bertz CT molecular complexity index is 1260. The van der Waals surface area contributed by atoms with Crippen molar-refractivity contribution >= 4 is 34.3 Å². The van der Waals surface area contributed by atoms with E-state index in [-0.39, 0.29) is 18.2 Å². The molecule has 1 amide bonds. The summed E-state index contributed by atoms with van der Waals surface area (Å²) in [5, 5.41) is 20.4. The maximum absolute atomic E-state index is 11.7. The molecule has 2 aromatic carbocycles. The van der Waals surface area contributed by atoms with Gasteiger partial charge in [-0.3, -0.25) is 19.9 Å². The Hall–Kier alpha value is -3.79. The smallest absolute Gasteiger partial charge is 0.269 e. The molecule has 4 rings (SSSR count). The van der Waals surface area contributed by atoms with Gasteiger partial charge in [-0.05, 0) is 49.7 Å². The monoisotopic (exact) mass is 437 g/mol. The number of nitro groups is 1. The number of rotatable bonds is 5. The third kappa shape index (κ3) is 4.24. The van der Waals surface area contributed by atoms with Crippen LogP contribution in [-0.4, -0.2) is 34.4 Å². The summed E-state index contributed by atoms with van der Waals surface area (Å²) < 4.78 is 7.19. The molecule has 0 spiro atoms. The van der Waals surface area contributed by atoms with Gasteiger partial charge in [0.1, 0.15) is 5.75 Å². The molecule has 1 aliphatic heterocycles. The fourth-order valence-corrected chi connectivity index (χ4v) is 4.01. The van der Waals surface area contributed by atoms with E-state index in [0.29, 0.717) is 23.7 Å². The van der Waals surface area contributed by atoms with Crippen LogP contribution in [0.1, 0.15) is 19.4 Å². The standard InChI is InChI=1S/C21H19N5O4S/c1-3-22-21-25(24-13(2)14-4-7-16(8-5-14)26(28)29)18(12-31-21)15-6-9-19-17(10-15)23-20(27)11-30-19/h4-10,12H,3,11H2,1-2H3,(H,23,27). The lowest BCUT2D eigenvalue weighted by Crippen LogP contribution is -2.25. The summed E-state index contributed by atoms with van der Waals surface area (Å²) in [7, 11) is 0. The number of carbonyl (C=O) groups is 1. The highest BCUT2D eigenvalue weighted by Crippen LogP contribution is 2.33. The van der Waals surface area contributed by atoms with Gasteiger partial charge in [0.15, 0.2) is 6.61 Å². The molecule has 0 saturated heterocycles. The van der Waals surface area contributed by atoms with Crippen LogP contribution in [0.4, 0.5) is 11.4 Å². The number of ether oxygens (including phenoxy) is 1. The summed E-state index contributed by atoms with van der Waals surface area (Å²) in [4.78, 5) is 27.4. The van der Waals surface area contributed by atoms with Gasteiger partial charge in [-0.15, -0.1) is 11.3 Å². The molecular formula is C21H19N5O4S. The van der Waals surface area contributed by atoms with Crippen molar-refractivity contribution in [2.45, 2.75) is 13.8 Å². The van der Waals surface area contributed by atoms with E-state index < -0.39 is 4.92 Å². The minimum Gasteiger partial charge on any atom is -0.482 e. The zero-order valence-corrected chi connectivity index (χ0v) is 17.7. The topological polar surface area (TPSA) is 111 Å². The number of thiazole rings is 1. The SMILES string of the molecule is CCN=c1scc(-c2ccc3c(c2)NC(=O)CO3)n1N=C(C)c1ccc([N+](=O)[O-])cc1. The van der Waals surface area contributed by atoms with E-state index in [1.54, 1.807) is 16.8 Å². The van der Waals surface area contributed by atoms with Crippen molar-refractivity contribution in [1.29, 1.82) is 0 Å². The van der Waals surface area contributed by atoms with Crippen molar-refractivity contribution in [3.63, 3.8) is 0 Å². The molecule has 10 heteroatoms. The number of anilines is 1. The number of carbonyl (C=O) groups excluding carboxylic acids is 1.